The smallest absolute Gasteiger partial charge is 0.0760 e. The fourth-order valence-corrected chi connectivity index (χ4v) is 3.03. The summed E-state index contributed by atoms with van der Waals surface area (Å²) in [6.45, 7) is 8.31. The third-order valence-electron chi connectivity index (χ3n) is 3.64. The Bertz CT molecular complexity index is 354. The lowest BCUT2D eigenvalue weighted by atomic mass is 9.83. The predicted molar refractivity (Wildman–Crippen MR) is 83.6 cm³/mol. The minimum atomic E-state index is -0.367. The Hall–Kier alpha value is 0.210. The number of rotatable bonds is 3. The van der Waals surface area contributed by atoms with Gasteiger partial charge in [0.25, 0.3) is 0 Å². The molecule has 0 aliphatic heterocycles. The van der Waals surface area contributed by atoms with E-state index in [9.17, 15) is 5.11 Å². The normalized spacial score (nSPS) is 32.9. The average molecular weight is 336 g/mol. The van der Waals surface area contributed by atoms with Gasteiger partial charge < -0.3 is 5.11 Å². The molecule has 1 N–H and O–H groups in total. The summed E-state index contributed by atoms with van der Waals surface area (Å²) in [5.41, 5.74) is 3.88. The second kappa shape index (κ2) is 6.58. The maximum Gasteiger partial charge on any atom is 0.0760 e. The number of alkyl halides is 2. The van der Waals surface area contributed by atoms with E-state index in [4.69, 9.17) is 11.6 Å². The Balaban J connectivity index is 2.68. The summed E-state index contributed by atoms with van der Waals surface area (Å²) in [5.74, 6) is 0. The summed E-state index contributed by atoms with van der Waals surface area (Å²) in [6.07, 6.45) is 5.35. The van der Waals surface area contributed by atoms with Crippen LogP contribution in [0.1, 0.15) is 53.4 Å². The molecule has 0 aromatic heterocycles. The Morgan fingerprint density at radius 1 is 1.56 bits per heavy atom. The summed E-state index contributed by atoms with van der Waals surface area (Å²) in [5, 5.41) is 10.1. The van der Waals surface area contributed by atoms with Crippen LogP contribution in [0.4, 0.5) is 0 Å². The molecule has 0 aromatic rings. The molecule has 0 saturated heterocycles. The zero-order valence-corrected chi connectivity index (χ0v) is 14.1. The van der Waals surface area contributed by atoms with E-state index in [0.29, 0.717) is 0 Å². The van der Waals surface area contributed by atoms with Gasteiger partial charge in [0.1, 0.15) is 0 Å². The van der Waals surface area contributed by atoms with Gasteiger partial charge in [-0.15, -0.1) is 11.6 Å². The van der Waals surface area contributed by atoms with Crippen molar-refractivity contribution in [2.75, 3.05) is 0 Å². The van der Waals surface area contributed by atoms with Gasteiger partial charge >= 0.3 is 0 Å². The van der Waals surface area contributed by atoms with E-state index >= 15 is 0 Å². The van der Waals surface area contributed by atoms with Crippen LogP contribution in [-0.4, -0.2) is 20.9 Å². The predicted octanol–water partition coefficient (Wildman–Crippen LogP) is 4.97. The van der Waals surface area contributed by atoms with E-state index in [1.54, 1.807) is 0 Å². The summed E-state index contributed by atoms with van der Waals surface area (Å²) < 4.78 is 0.0524. The minimum absolute atomic E-state index is 0.0524. The SMILES string of the molecule is CC(C)=C[C@@H](O)C/C(C)=C1\CC[C@](C)(Br)[C@@H](Cl)C1. The second-order valence-electron chi connectivity index (χ2n) is 5.85. The summed E-state index contributed by atoms with van der Waals surface area (Å²) in [7, 11) is 0. The maximum absolute atomic E-state index is 9.94. The third-order valence-corrected chi connectivity index (χ3v) is 5.49. The molecular weight excluding hydrogens is 312 g/mol. The topological polar surface area (TPSA) is 20.2 Å². The molecule has 1 aliphatic rings. The van der Waals surface area contributed by atoms with Crippen LogP contribution in [0.15, 0.2) is 22.8 Å². The molecule has 0 amide bonds. The Morgan fingerprint density at radius 2 is 2.17 bits per heavy atom. The van der Waals surface area contributed by atoms with Crippen molar-refractivity contribution in [3.05, 3.63) is 22.8 Å². The van der Waals surface area contributed by atoms with Crippen molar-refractivity contribution in [3.63, 3.8) is 0 Å². The average Bonchev–Trinajstić information content (AvgIpc) is 2.20. The highest BCUT2D eigenvalue weighted by Crippen LogP contribution is 2.42. The summed E-state index contributed by atoms with van der Waals surface area (Å²) in [6, 6.07) is 0. The lowest BCUT2D eigenvalue weighted by Crippen LogP contribution is -2.33. The first kappa shape index (κ1) is 16.3. The molecule has 18 heavy (non-hydrogen) atoms. The molecule has 0 radical (unpaired) electrons. The van der Waals surface area contributed by atoms with Gasteiger partial charge in [-0.3, -0.25) is 0 Å². The largest absolute Gasteiger partial charge is 0.389 e. The molecule has 1 aliphatic carbocycles. The second-order valence-corrected chi connectivity index (χ2v) is 8.19. The van der Waals surface area contributed by atoms with Crippen LogP contribution in [0, 0.1) is 0 Å². The molecule has 1 rings (SSSR count). The lowest BCUT2D eigenvalue weighted by Gasteiger charge is -2.35. The lowest BCUT2D eigenvalue weighted by molar-refractivity contribution is 0.222. The van der Waals surface area contributed by atoms with E-state index < -0.39 is 0 Å². The van der Waals surface area contributed by atoms with Crippen LogP contribution >= 0.6 is 27.5 Å². The zero-order valence-electron chi connectivity index (χ0n) is 11.8. The number of aliphatic hydroxyl groups excluding tert-OH is 1. The van der Waals surface area contributed by atoms with Crippen molar-refractivity contribution >= 4 is 27.5 Å². The van der Waals surface area contributed by atoms with E-state index in [-0.39, 0.29) is 15.8 Å². The molecule has 3 heteroatoms. The Morgan fingerprint density at radius 3 is 2.67 bits per heavy atom. The molecule has 1 nitrogen and oxygen atoms in total. The van der Waals surface area contributed by atoms with Crippen molar-refractivity contribution < 1.29 is 5.11 Å². The fourth-order valence-electron chi connectivity index (χ4n) is 2.37. The van der Waals surface area contributed by atoms with Gasteiger partial charge in [0.2, 0.25) is 0 Å². The van der Waals surface area contributed by atoms with Crippen molar-refractivity contribution in [2.24, 2.45) is 0 Å². The van der Waals surface area contributed by atoms with Crippen LogP contribution in [-0.2, 0) is 0 Å². The first-order chi connectivity index (χ1) is 8.22. The minimum Gasteiger partial charge on any atom is -0.389 e. The highest BCUT2D eigenvalue weighted by Gasteiger charge is 2.34. The van der Waals surface area contributed by atoms with Gasteiger partial charge in [-0.25, -0.2) is 0 Å². The number of hydrogen-bond acceptors (Lipinski definition) is 1. The molecule has 0 aromatic carbocycles. The number of halogens is 2. The molecule has 1 saturated carbocycles. The van der Waals surface area contributed by atoms with Crippen molar-refractivity contribution in [3.8, 4) is 0 Å². The van der Waals surface area contributed by atoms with Crippen molar-refractivity contribution in [2.45, 2.75) is 69.2 Å². The van der Waals surface area contributed by atoms with Crippen LogP contribution < -0.4 is 0 Å². The molecule has 3 atom stereocenters. The van der Waals surface area contributed by atoms with Crippen LogP contribution in [0.25, 0.3) is 0 Å². The van der Waals surface area contributed by atoms with Gasteiger partial charge in [0, 0.05) is 4.32 Å². The first-order valence-electron chi connectivity index (χ1n) is 6.56. The number of aliphatic hydroxyl groups is 1. The van der Waals surface area contributed by atoms with Gasteiger partial charge in [0.05, 0.1) is 11.5 Å². The Labute approximate surface area is 124 Å². The molecule has 104 valence electrons. The fraction of sp³-hybridized carbons (Fsp3) is 0.733. The first-order valence-corrected chi connectivity index (χ1v) is 7.79. The molecule has 1 fully saturated rings. The number of hydrogen-bond donors (Lipinski definition) is 1. The molecule has 0 unspecified atom stereocenters. The van der Waals surface area contributed by atoms with Crippen LogP contribution in [0.5, 0.6) is 0 Å². The summed E-state index contributed by atoms with van der Waals surface area (Å²) in [4.78, 5) is 0. The van der Waals surface area contributed by atoms with Crippen LogP contribution in [0.3, 0.4) is 0 Å². The molecule has 0 spiro atoms. The van der Waals surface area contributed by atoms with E-state index in [1.165, 1.54) is 11.1 Å². The van der Waals surface area contributed by atoms with Crippen molar-refractivity contribution in [1.82, 2.24) is 0 Å². The molecule has 0 bridgehead atoms. The van der Waals surface area contributed by atoms with Gasteiger partial charge in [-0.1, -0.05) is 38.7 Å². The van der Waals surface area contributed by atoms with Crippen LogP contribution in [0.2, 0.25) is 0 Å². The standard InChI is InChI=1S/C15H24BrClO/c1-10(2)7-13(18)8-11(3)12-5-6-15(4,16)14(17)9-12/h7,13-14,18H,5-6,8-9H2,1-4H3/b12-11+/t13-,14+,15+/m1/s1. The maximum atomic E-state index is 9.94. The highest BCUT2D eigenvalue weighted by molar-refractivity contribution is 9.10. The van der Waals surface area contributed by atoms with E-state index in [0.717, 1.165) is 31.3 Å². The van der Waals surface area contributed by atoms with Gasteiger partial charge in [0.15, 0.2) is 0 Å². The van der Waals surface area contributed by atoms with Crippen molar-refractivity contribution in [1.29, 1.82) is 0 Å². The summed E-state index contributed by atoms with van der Waals surface area (Å²) >= 11 is 10.1. The van der Waals surface area contributed by atoms with E-state index in [1.807, 2.05) is 19.9 Å². The third kappa shape index (κ3) is 4.71. The monoisotopic (exact) mass is 334 g/mol. The molecular formula is C15H24BrClO. The molecule has 0 heterocycles. The van der Waals surface area contributed by atoms with E-state index in [2.05, 4.69) is 29.8 Å². The Kier molecular flexibility index (Phi) is 5.95. The zero-order chi connectivity index (χ0) is 13.9. The quantitative estimate of drug-likeness (QED) is 0.570. The highest BCUT2D eigenvalue weighted by atomic mass is 79.9. The number of allylic oxidation sites excluding steroid dienone is 2. The van der Waals surface area contributed by atoms with Gasteiger partial charge in [-0.05, 0) is 53.4 Å². The van der Waals surface area contributed by atoms with Gasteiger partial charge in [-0.2, -0.15) is 0 Å².